The summed E-state index contributed by atoms with van der Waals surface area (Å²) < 4.78 is 2.57. The van der Waals surface area contributed by atoms with Crippen LogP contribution in [0, 0.1) is 0 Å². The first-order chi connectivity index (χ1) is 16.3. The molecule has 1 unspecified atom stereocenters. The van der Waals surface area contributed by atoms with Gasteiger partial charge in [0.1, 0.15) is 12.6 Å². The Hall–Kier alpha value is -3.39. The SMILES string of the molecule is CC(NC(=O)Cn1c(=O)c(=O)n(Cc2ccc(Cl)cc2)c2ccccc21)C(=O)N1CCCCC1. The van der Waals surface area contributed by atoms with Crippen LogP contribution in [0.5, 0.6) is 0 Å². The fraction of sp³-hybridized carbons (Fsp3) is 0.360. The smallest absolute Gasteiger partial charge is 0.317 e. The van der Waals surface area contributed by atoms with Gasteiger partial charge in [-0.05, 0) is 56.0 Å². The van der Waals surface area contributed by atoms with Crippen molar-refractivity contribution in [3.05, 3.63) is 79.8 Å². The molecule has 3 aromatic rings. The standard InChI is InChI=1S/C25H27ClN4O4/c1-17(23(32)28-13-5-2-6-14-28)27-22(31)16-30-21-8-4-3-7-20(21)29(24(33)25(30)34)15-18-9-11-19(26)12-10-18/h3-4,7-12,17H,2,5-6,13-16H2,1H3,(H,27,31). The number of nitrogens with zero attached hydrogens (tertiary/aromatic N) is 3. The van der Waals surface area contributed by atoms with Crippen LogP contribution >= 0.6 is 11.6 Å². The number of hydrogen-bond acceptors (Lipinski definition) is 4. The Morgan fingerprint density at radius 1 is 0.912 bits per heavy atom. The number of nitrogens with one attached hydrogen (secondary N) is 1. The molecule has 1 aliphatic rings. The van der Waals surface area contributed by atoms with Gasteiger partial charge in [-0.1, -0.05) is 35.9 Å². The molecule has 178 valence electrons. The van der Waals surface area contributed by atoms with Gasteiger partial charge in [-0.2, -0.15) is 0 Å². The van der Waals surface area contributed by atoms with Crippen LogP contribution in [0.4, 0.5) is 0 Å². The van der Waals surface area contributed by atoms with Gasteiger partial charge < -0.3 is 10.2 Å². The molecule has 34 heavy (non-hydrogen) atoms. The number of amides is 2. The van der Waals surface area contributed by atoms with Crippen molar-refractivity contribution in [3.8, 4) is 0 Å². The van der Waals surface area contributed by atoms with Crippen LogP contribution in [0.2, 0.25) is 5.02 Å². The molecule has 0 aliphatic carbocycles. The Morgan fingerprint density at radius 3 is 2.15 bits per heavy atom. The Morgan fingerprint density at radius 2 is 1.50 bits per heavy atom. The molecule has 0 bridgehead atoms. The first-order valence-electron chi connectivity index (χ1n) is 11.4. The van der Waals surface area contributed by atoms with Crippen molar-refractivity contribution in [2.45, 2.75) is 45.3 Å². The van der Waals surface area contributed by atoms with Crippen LogP contribution in [0.1, 0.15) is 31.7 Å². The Bertz CT molecular complexity index is 1320. The van der Waals surface area contributed by atoms with E-state index in [4.69, 9.17) is 11.6 Å². The van der Waals surface area contributed by atoms with Gasteiger partial charge >= 0.3 is 11.1 Å². The van der Waals surface area contributed by atoms with Gasteiger partial charge in [-0.25, -0.2) is 0 Å². The molecule has 4 rings (SSSR count). The predicted octanol–water partition coefficient (Wildman–Crippen LogP) is 2.38. The highest BCUT2D eigenvalue weighted by atomic mass is 35.5. The van der Waals surface area contributed by atoms with Crippen molar-refractivity contribution in [1.29, 1.82) is 0 Å². The molecule has 2 heterocycles. The van der Waals surface area contributed by atoms with E-state index in [1.807, 2.05) is 0 Å². The molecular formula is C25H27ClN4O4. The summed E-state index contributed by atoms with van der Waals surface area (Å²) in [5, 5.41) is 3.26. The topological polar surface area (TPSA) is 93.4 Å². The molecule has 9 heteroatoms. The third-order valence-electron chi connectivity index (χ3n) is 6.11. The number of hydrogen-bond donors (Lipinski definition) is 1. The second-order valence-corrected chi connectivity index (χ2v) is 9.01. The lowest BCUT2D eigenvalue weighted by molar-refractivity contribution is -0.136. The summed E-state index contributed by atoms with van der Waals surface area (Å²) in [4.78, 5) is 53.2. The molecule has 1 fully saturated rings. The van der Waals surface area contributed by atoms with Crippen LogP contribution in [0.15, 0.2) is 58.1 Å². The lowest BCUT2D eigenvalue weighted by Crippen LogP contribution is -2.50. The van der Waals surface area contributed by atoms with E-state index in [1.165, 1.54) is 9.13 Å². The van der Waals surface area contributed by atoms with Gasteiger partial charge in [0.05, 0.1) is 17.6 Å². The number of rotatable bonds is 6. The molecule has 2 amide bonds. The zero-order valence-electron chi connectivity index (χ0n) is 19.0. The van der Waals surface area contributed by atoms with Gasteiger partial charge in [-0.15, -0.1) is 0 Å². The number of aromatic nitrogens is 2. The summed E-state index contributed by atoms with van der Waals surface area (Å²) in [6.45, 7) is 2.86. The maximum Gasteiger partial charge on any atom is 0.317 e. The Kier molecular flexibility index (Phi) is 7.17. The van der Waals surface area contributed by atoms with Crippen molar-refractivity contribution in [2.24, 2.45) is 0 Å². The fourth-order valence-corrected chi connectivity index (χ4v) is 4.46. The summed E-state index contributed by atoms with van der Waals surface area (Å²) in [5.74, 6) is -0.636. The second kappa shape index (κ2) is 10.3. The van der Waals surface area contributed by atoms with E-state index in [0.29, 0.717) is 29.1 Å². The second-order valence-electron chi connectivity index (χ2n) is 8.57. The van der Waals surface area contributed by atoms with Crippen LogP contribution in [-0.4, -0.2) is 45.0 Å². The lowest BCUT2D eigenvalue weighted by Gasteiger charge is -2.29. The number of para-hydroxylation sites is 2. The number of carbonyl (C=O) groups is 2. The van der Waals surface area contributed by atoms with Crippen molar-refractivity contribution in [1.82, 2.24) is 19.4 Å². The zero-order chi connectivity index (χ0) is 24.2. The number of fused-ring (bicyclic) bond motifs is 1. The molecule has 8 nitrogen and oxygen atoms in total. The molecule has 1 saturated heterocycles. The highest BCUT2D eigenvalue weighted by Crippen LogP contribution is 2.15. The molecule has 1 aliphatic heterocycles. The average Bonchev–Trinajstić information content (AvgIpc) is 2.85. The van der Waals surface area contributed by atoms with E-state index in [1.54, 1.807) is 60.4 Å². The number of carbonyl (C=O) groups excluding carboxylic acids is 2. The van der Waals surface area contributed by atoms with Gasteiger partial charge in [0.2, 0.25) is 11.8 Å². The number of benzene rings is 2. The fourth-order valence-electron chi connectivity index (χ4n) is 4.34. The van der Waals surface area contributed by atoms with Crippen molar-refractivity contribution < 1.29 is 9.59 Å². The Labute approximate surface area is 201 Å². The quantitative estimate of drug-likeness (QED) is 0.546. The van der Waals surface area contributed by atoms with Crippen molar-refractivity contribution >= 4 is 34.4 Å². The minimum atomic E-state index is -0.794. The minimum Gasteiger partial charge on any atom is -0.343 e. The van der Waals surface area contributed by atoms with Crippen molar-refractivity contribution in [3.63, 3.8) is 0 Å². The van der Waals surface area contributed by atoms with E-state index in [2.05, 4.69) is 5.32 Å². The summed E-state index contributed by atoms with van der Waals surface area (Å²) in [7, 11) is 0. The molecule has 0 spiro atoms. The summed E-state index contributed by atoms with van der Waals surface area (Å²) >= 11 is 5.95. The van der Waals surface area contributed by atoms with E-state index in [-0.39, 0.29) is 19.0 Å². The maximum atomic E-state index is 13.0. The third kappa shape index (κ3) is 5.07. The predicted molar refractivity (Wildman–Crippen MR) is 131 cm³/mol. The molecule has 0 radical (unpaired) electrons. The maximum absolute atomic E-state index is 13.0. The average molecular weight is 483 g/mol. The summed E-state index contributed by atoms with van der Waals surface area (Å²) in [6, 6.07) is 13.3. The number of likely N-dealkylation sites (tertiary alicyclic amines) is 1. The van der Waals surface area contributed by atoms with Gasteiger partial charge in [0.25, 0.3) is 0 Å². The molecule has 1 aromatic heterocycles. The first-order valence-corrected chi connectivity index (χ1v) is 11.8. The monoisotopic (exact) mass is 482 g/mol. The first kappa shape index (κ1) is 23.8. The lowest BCUT2D eigenvalue weighted by atomic mass is 10.1. The molecule has 1 N–H and O–H groups in total. The van der Waals surface area contributed by atoms with Crippen LogP contribution < -0.4 is 16.4 Å². The minimum absolute atomic E-state index is 0.136. The van der Waals surface area contributed by atoms with Gasteiger partial charge in [-0.3, -0.25) is 28.3 Å². The van der Waals surface area contributed by atoms with E-state index < -0.39 is 23.1 Å². The van der Waals surface area contributed by atoms with Crippen LogP contribution in [-0.2, 0) is 22.7 Å². The summed E-state index contributed by atoms with van der Waals surface area (Å²) in [5.41, 5.74) is 0.298. The normalized spacial score (nSPS) is 14.7. The highest BCUT2D eigenvalue weighted by molar-refractivity contribution is 6.30. The molecule has 0 saturated carbocycles. The molecule has 2 aromatic carbocycles. The van der Waals surface area contributed by atoms with E-state index in [9.17, 15) is 19.2 Å². The van der Waals surface area contributed by atoms with Gasteiger partial charge in [0.15, 0.2) is 0 Å². The van der Waals surface area contributed by atoms with Gasteiger partial charge in [0, 0.05) is 18.1 Å². The number of piperidine rings is 1. The van der Waals surface area contributed by atoms with Crippen molar-refractivity contribution in [2.75, 3.05) is 13.1 Å². The number of halogens is 1. The zero-order valence-corrected chi connectivity index (χ0v) is 19.8. The Balaban J connectivity index is 1.59. The third-order valence-corrected chi connectivity index (χ3v) is 6.36. The molecule has 1 atom stereocenters. The molecular weight excluding hydrogens is 456 g/mol. The van der Waals surface area contributed by atoms with Crippen LogP contribution in [0.25, 0.3) is 11.0 Å². The van der Waals surface area contributed by atoms with E-state index in [0.717, 1.165) is 24.8 Å². The highest BCUT2D eigenvalue weighted by Gasteiger charge is 2.24. The van der Waals surface area contributed by atoms with E-state index >= 15 is 0 Å². The summed E-state index contributed by atoms with van der Waals surface area (Å²) in [6.07, 6.45) is 3.02. The van der Waals surface area contributed by atoms with Crippen LogP contribution in [0.3, 0.4) is 0 Å². The largest absolute Gasteiger partial charge is 0.343 e.